The van der Waals surface area contributed by atoms with E-state index in [-0.39, 0.29) is 11.8 Å². The molecule has 2 aromatic rings. The SMILES string of the molecule is CC(C)c1ccc(NC(=O)CCCCC(=O)Nc2ccc(C(C)C)cc2)cc1. The maximum Gasteiger partial charge on any atom is 0.224 e. The Morgan fingerprint density at radius 3 is 1.25 bits per heavy atom. The molecule has 0 atom stereocenters. The predicted molar refractivity (Wildman–Crippen MR) is 117 cm³/mol. The van der Waals surface area contributed by atoms with Gasteiger partial charge in [-0.1, -0.05) is 52.0 Å². The van der Waals surface area contributed by atoms with Crippen molar-refractivity contribution in [2.75, 3.05) is 10.6 Å². The lowest BCUT2D eigenvalue weighted by atomic mass is 10.0. The van der Waals surface area contributed by atoms with Crippen LogP contribution in [0.4, 0.5) is 11.4 Å². The van der Waals surface area contributed by atoms with Crippen molar-refractivity contribution in [1.82, 2.24) is 0 Å². The Hall–Kier alpha value is -2.62. The first-order valence-electron chi connectivity index (χ1n) is 10.1. The van der Waals surface area contributed by atoms with Crippen molar-refractivity contribution in [2.24, 2.45) is 0 Å². The van der Waals surface area contributed by atoms with E-state index in [4.69, 9.17) is 0 Å². The lowest BCUT2D eigenvalue weighted by Crippen LogP contribution is -2.13. The summed E-state index contributed by atoms with van der Waals surface area (Å²) in [7, 11) is 0. The number of hydrogen-bond acceptors (Lipinski definition) is 2. The van der Waals surface area contributed by atoms with Gasteiger partial charge >= 0.3 is 0 Å². The van der Waals surface area contributed by atoms with E-state index in [1.807, 2.05) is 48.5 Å². The first kappa shape index (κ1) is 21.7. The van der Waals surface area contributed by atoms with E-state index in [2.05, 4.69) is 38.3 Å². The molecular weight excluding hydrogens is 348 g/mol. The van der Waals surface area contributed by atoms with Crippen LogP contribution in [0, 0.1) is 0 Å². The molecule has 0 radical (unpaired) electrons. The molecule has 150 valence electrons. The molecule has 4 heteroatoms. The van der Waals surface area contributed by atoms with Gasteiger partial charge in [-0.05, 0) is 60.1 Å². The van der Waals surface area contributed by atoms with Crippen LogP contribution in [0.2, 0.25) is 0 Å². The van der Waals surface area contributed by atoms with Crippen molar-refractivity contribution < 1.29 is 9.59 Å². The fraction of sp³-hybridized carbons (Fsp3) is 0.417. The van der Waals surface area contributed by atoms with E-state index in [1.165, 1.54) is 11.1 Å². The molecule has 0 aromatic heterocycles. The number of carbonyl (C=O) groups is 2. The van der Waals surface area contributed by atoms with E-state index in [1.54, 1.807) is 0 Å². The van der Waals surface area contributed by atoms with Gasteiger partial charge in [0, 0.05) is 24.2 Å². The average Bonchev–Trinajstić information content (AvgIpc) is 2.66. The Morgan fingerprint density at radius 1 is 0.643 bits per heavy atom. The van der Waals surface area contributed by atoms with Crippen molar-refractivity contribution in [3.8, 4) is 0 Å². The second-order valence-electron chi connectivity index (χ2n) is 7.86. The highest BCUT2D eigenvalue weighted by atomic mass is 16.2. The van der Waals surface area contributed by atoms with Gasteiger partial charge in [-0.15, -0.1) is 0 Å². The number of benzene rings is 2. The van der Waals surface area contributed by atoms with Gasteiger partial charge in [0.2, 0.25) is 11.8 Å². The highest BCUT2D eigenvalue weighted by molar-refractivity contribution is 5.91. The summed E-state index contributed by atoms with van der Waals surface area (Å²) in [6.45, 7) is 8.57. The van der Waals surface area contributed by atoms with Gasteiger partial charge < -0.3 is 10.6 Å². The quantitative estimate of drug-likeness (QED) is 0.519. The molecule has 0 bridgehead atoms. The van der Waals surface area contributed by atoms with Crippen molar-refractivity contribution in [3.63, 3.8) is 0 Å². The summed E-state index contributed by atoms with van der Waals surface area (Å²) in [6.07, 6.45) is 2.22. The summed E-state index contributed by atoms with van der Waals surface area (Å²) in [5.74, 6) is 0.928. The van der Waals surface area contributed by atoms with Gasteiger partial charge in [-0.3, -0.25) is 9.59 Å². The number of rotatable bonds is 9. The molecule has 0 unspecified atom stereocenters. The molecular formula is C24H32N2O2. The molecule has 0 spiro atoms. The summed E-state index contributed by atoms with van der Waals surface area (Å²) in [5, 5.41) is 5.82. The summed E-state index contributed by atoms with van der Waals surface area (Å²) >= 11 is 0. The molecule has 2 rings (SSSR count). The molecule has 0 aliphatic heterocycles. The summed E-state index contributed by atoms with van der Waals surface area (Å²) < 4.78 is 0. The Labute approximate surface area is 168 Å². The normalized spacial score (nSPS) is 10.9. The van der Waals surface area contributed by atoms with E-state index < -0.39 is 0 Å². The number of hydrogen-bond donors (Lipinski definition) is 2. The van der Waals surface area contributed by atoms with Crippen LogP contribution >= 0.6 is 0 Å². The molecule has 0 heterocycles. The number of carbonyl (C=O) groups excluding carboxylic acids is 2. The summed E-state index contributed by atoms with van der Waals surface area (Å²) in [4.78, 5) is 24.1. The van der Waals surface area contributed by atoms with Crippen molar-refractivity contribution in [2.45, 2.75) is 65.2 Å². The van der Waals surface area contributed by atoms with Crippen LogP contribution in [-0.4, -0.2) is 11.8 Å². The number of nitrogens with one attached hydrogen (secondary N) is 2. The highest BCUT2D eigenvalue weighted by Crippen LogP contribution is 2.18. The zero-order chi connectivity index (χ0) is 20.5. The van der Waals surface area contributed by atoms with E-state index in [9.17, 15) is 9.59 Å². The number of anilines is 2. The fourth-order valence-electron chi connectivity index (χ4n) is 2.92. The zero-order valence-corrected chi connectivity index (χ0v) is 17.4. The molecule has 0 fully saturated rings. The van der Waals surface area contributed by atoms with Crippen LogP contribution in [0.1, 0.15) is 76.3 Å². The van der Waals surface area contributed by atoms with E-state index >= 15 is 0 Å². The van der Waals surface area contributed by atoms with Crippen molar-refractivity contribution in [1.29, 1.82) is 0 Å². The smallest absolute Gasteiger partial charge is 0.224 e. The van der Waals surface area contributed by atoms with Crippen LogP contribution in [0.3, 0.4) is 0 Å². The molecule has 28 heavy (non-hydrogen) atoms. The molecule has 4 nitrogen and oxygen atoms in total. The molecule has 0 saturated carbocycles. The Kier molecular flexibility index (Phi) is 8.24. The minimum atomic E-state index is -0.0121. The molecule has 0 aliphatic carbocycles. The van der Waals surface area contributed by atoms with Gasteiger partial charge in [-0.25, -0.2) is 0 Å². The van der Waals surface area contributed by atoms with Crippen molar-refractivity contribution >= 4 is 23.2 Å². The van der Waals surface area contributed by atoms with Gasteiger partial charge in [0.15, 0.2) is 0 Å². The molecule has 2 amide bonds. The maximum absolute atomic E-state index is 12.0. The summed E-state index contributed by atoms with van der Waals surface area (Å²) in [5.41, 5.74) is 4.14. The van der Waals surface area contributed by atoms with Crippen LogP contribution in [0.25, 0.3) is 0 Å². The number of unbranched alkanes of at least 4 members (excludes halogenated alkanes) is 1. The van der Waals surface area contributed by atoms with Gasteiger partial charge in [0.25, 0.3) is 0 Å². The molecule has 0 aliphatic rings. The maximum atomic E-state index is 12.0. The second kappa shape index (κ2) is 10.6. The minimum absolute atomic E-state index is 0.0121. The summed E-state index contributed by atoms with van der Waals surface area (Å²) in [6, 6.07) is 15.9. The fourth-order valence-corrected chi connectivity index (χ4v) is 2.92. The number of amides is 2. The van der Waals surface area contributed by atoms with Crippen LogP contribution in [-0.2, 0) is 9.59 Å². The van der Waals surface area contributed by atoms with Gasteiger partial charge in [0.05, 0.1) is 0 Å². The Balaban J connectivity index is 1.65. The Bertz CT molecular complexity index is 695. The Morgan fingerprint density at radius 2 is 0.964 bits per heavy atom. The van der Waals surface area contributed by atoms with E-state index in [0.29, 0.717) is 37.5 Å². The lowest BCUT2D eigenvalue weighted by molar-refractivity contribution is -0.118. The second-order valence-corrected chi connectivity index (χ2v) is 7.86. The third kappa shape index (κ3) is 7.18. The molecule has 0 saturated heterocycles. The third-order valence-corrected chi connectivity index (χ3v) is 4.78. The average molecular weight is 381 g/mol. The van der Waals surface area contributed by atoms with Crippen molar-refractivity contribution in [3.05, 3.63) is 59.7 Å². The largest absolute Gasteiger partial charge is 0.326 e. The van der Waals surface area contributed by atoms with Gasteiger partial charge in [0.1, 0.15) is 0 Å². The van der Waals surface area contributed by atoms with Crippen LogP contribution in [0.5, 0.6) is 0 Å². The van der Waals surface area contributed by atoms with Crippen LogP contribution in [0.15, 0.2) is 48.5 Å². The minimum Gasteiger partial charge on any atom is -0.326 e. The zero-order valence-electron chi connectivity index (χ0n) is 17.4. The highest BCUT2D eigenvalue weighted by Gasteiger charge is 2.07. The standard InChI is InChI=1S/C24H32N2O2/c1-17(2)19-9-13-21(14-10-19)25-23(27)7-5-6-8-24(28)26-22-15-11-20(12-16-22)18(3)4/h9-18H,5-8H2,1-4H3,(H,25,27)(H,26,28). The van der Waals surface area contributed by atoms with Crippen LogP contribution < -0.4 is 10.6 Å². The van der Waals surface area contributed by atoms with Gasteiger partial charge in [-0.2, -0.15) is 0 Å². The third-order valence-electron chi connectivity index (χ3n) is 4.78. The molecule has 2 N–H and O–H groups in total. The van der Waals surface area contributed by atoms with E-state index in [0.717, 1.165) is 11.4 Å². The lowest BCUT2D eigenvalue weighted by Gasteiger charge is -2.09. The predicted octanol–water partition coefficient (Wildman–Crippen LogP) is 6.07. The molecule has 2 aromatic carbocycles. The first-order chi connectivity index (χ1) is 13.3. The first-order valence-corrected chi connectivity index (χ1v) is 10.1. The monoisotopic (exact) mass is 380 g/mol. The topological polar surface area (TPSA) is 58.2 Å².